The summed E-state index contributed by atoms with van der Waals surface area (Å²) in [6.07, 6.45) is 6.31. The third-order valence-electron chi connectivity index (χ3n) is 6.04. The van der Waals surface area contributed by atoms with E-state index >= 15 is 0 Å². The molecule has 3 nitrogen and oxygen atoms in total. The molecule has 6 atom stereocenters. The molecule has 0 heterocycles. The summed E-state index contributed by atoms with van der Waals surface area (Å²) in [6, 6.07) is 0. The average molecular weight is 236 g/mol. The van der Waals surface area contributed by atoms with E-state index in [-0.39, 0.29) is 17.9 Å². The summed E-state index contributed by atoms with van der Waals surface area (Å²) >= 11 is 0. The number of hydrogen-bond donors (Lipinski definition) is 0. The van der Waals surface area contributed by atoms with E-state index in [1.54, 1.807) is 0 Å². The van der Waals surface area contributed by atoms with E-state index in [4.69, 9.17) is 9.47 Å². The first-order chi connectivity index (χ1) is 8.06. The highest BCUT2D eigenvalue weighted by Crippen LogP contribution is 2.83. The normalized spacial score (nSPS) is 54.6. The molecule has 94 valence electrons. The summed E-state index contributed by atoms with van der Waals surface area (Å²) in [5.74, 6) is 2.49. The van der Waals surface area contributed by atoms with Crippen LogP contribution in [0.3, 0.4) is 0 Å². The minimum Gasteiger partial charge on any atom is -0.436 e. The van der Waals surface area contributed by atoms with Gasteiger partial charge in [-0.05, 0) is 56.8 Å². The van der Waals surface area contributed by atoms with Crippen LogP contribution in [0.25, 0.3) is 0 Å². The molecule has 4 aliphatic carbocycles. The summed E-state index contributed by atoms with van der Waals surface area (Å²) < 4.78 is 11.3. The molecule has 0 aromatic carbocycles. The first-order valence-corrected chi connectivity index (χ1v) is 6.91. The van der Waals surface area contributed by atoms with Crippen molar-refractivity contribution in [3.05, 3.63) is 0 Å². The fourth-order valence-corrected chi connectivity index (χ4v) is 5.87. The maximum atomic E-state index is 11.0. The van der Waals surface area contributed by atoms with Gasteiger partial charge >= 0.3 is 5.97 Å². The molecular formula is C14H20O3. The maximum Gasteiger partial charge on any atom is 0.304 e. The molecule has 1 spiro atoms. The number of esters is 1. The second-order valence-corrected chi connectivity index (χ2v) is 6.67. The van der Waals surface area contributed by atoms with Crippen LogP contribution in [-0.2, 0) is 14.3 Å². The van der Waals surface area contributed by atoms with E-state index in [2.05, 4.69) is 0 Å². The van der Waals surface area contributed by atoms with Crippen LogP contribution < -0.4 is 0 Å². The predicted molar refractivity (Wildman–Crippen MR) is 61.0 cm³/mol. The molecule has 3 heteroatoms. The maximum absolute atomic E-state index is 11.0. The molecule has 17 heavy (non-hydrogen) atoms. The van der Waals surface area contributed by atoms with Gasteiger partial charge < -0.3 is 9.47 Å². The van der Waals surface area contributed by atoms with Gasteiger partial charge in [0.05, 0.1) is 5.60 Å². The molecular weight excluding hydrogens is 216 g/mol. The summed E-state index contributed by atoms with van der Waals surface area (Å²) in [5, 5.41) is 0. The molecule has 0 aromatic heterocycles. The number of ether oxygens (including phenoxy) is 2. The minimum absolute atomic E-state index is 0.0817. The van der Waals surface area contributed by atoms with E-state index in [0.29, 0.717) is 5.41 Å². The van der Waals surface area contributed by atoms with Crippen molar-refractivity contribution in [3.63, 3.8) is 0 Å². The van der Waals surface area contributed by atoms with Gasteiger partial charge in [-0.15, -0.1) is 0 Å². The van der Waals surface area contributed by atoms with E-state index in [1.165, 1.54) is 39.0 Å². The van der Waals surface area contributed by atoms with Crippen molar-refractivity contribution in [2.24, 2.45) is 23.2 Å². The Bertz CT molecular complexity index is 393. The Balaban J connectivity index is 1.53. The number of hydrogen-bond acceptors (Lipinski definition) is 3. The van der Waals surface area contributed by atoms with Gasteiger partial charge in [0, 0.05) is 12.3 Å². The van der Waals surface area contributed by atoms with Crippen LogP contribution in [0.1, 0.15) is 46.0 Å². The smallest absolute Gasteiger partial charge is 0.304 e. The highest BCUT2D eigenvalue weighted by molar-refractivity contribution is 5.66. The third kappa shape index (κ3) is 1.01. The average Bonchev–Trinajstić information content (AvgIpc) is 2.63. The minimum atomic E-state index is -0.372. The van der Waals surface area contributed by atoms with E-state index in [0.717, 1.165) is 17.8 Å². The topological polar surface area (TPSA) is 35.5 Å². The molecule has 0 amide bonds. The fourth-order valence-electron chi connectivity index (χ4n) is 5.87. The van der Waals surface area contributed by atoms with E-state index < -0.39 is 0 Å². The Morgan fingerprint density at radius 2 is 2.06 bits per heavy atom. The highest BCUT2D eigenvalue weighted by Gasteiger charge is 2.81. The Hall–Kier alpha value is -0.570. The predicted octanol–water partition coefficient (Wildman–Crippen LogP) is 2.49. The number of carbonyl (C=O) groups is 1. The van der Waals surface area contributed by atoms with E-state index in [1.807, 2.05) is 6.92 Å². The van der Waals surface area contributed by atoms with Gasteiger partial charge in [0.25, 0.3) is 0 Å². The monoisotopic (exact) mass is 236 g/mol. The van der Waals surface area contributed by atoms with Crippen molar-refractivity contribution in [2.75, 3.05) is 0 Å². The number of carbonyl (C=O) groups excluding carboxylic acids is 1. The third-order valence-corrected chi connectivity index (χ3v) is 6.04. The van der Waals surface area contributed by atoms with Crippen molar-refractivity contribution in [1.82, 2.24) is 0 Å². The molecule has 0 aromatic rings. The van der Waals surface area contributed by atoms with Crippen LogP contribution in [0.2, 0.25) is 0 Å². The largest absolute Gasteiger partial charge is 0.436 e. The Morgan fingerprint density at radius 1 is 1.24 bits per heavy atom. The first kappa shape index (κ1) is 10.4. The molecule has 0 radical (unpaired) electrons. The zero-order valence-corrected chi connectivity index (χ0v) is 10.6. The molecule has 4 saturated carbocycles. The Kier molecular flexibility index (Phi) is 1.75. The highest BCUT2D eigenvalue weighted by atomic mass is 16.7. The van der Waals surface area contributed by atoms with Crippen molar-refractivity contribution < 1.29 is 14.3 Å². The van der Waals surface area contributed by atoms with Crippen molar-refractivity contribution in [1.29, 1.82) is 0 Å². The van der Waals surface area contributed by atoms with Crippen LogP contribution in [0.5, 0.6) is 0 Å². The molecule has 6 unspecified atom stereocenters. The SMILES string of the molecule is CC(=O)OC(C)OC12CC3CC4CC(C1)C42C3. The molecule has 0 N–H and O–H groups in total. The first-order valence-electron chi connectivity index (χ1n) is 6.91. The van der Waals surface area contributed by atoms with Gasteiger partial charge in [0.15, 0.2) is 0 Å². The second kappa shape index (κ2) is 2.87. The number of rotatable bonds is 3. The standard InChI is InChI=1S/C14H20O3/c1-8(15)16-9(2)17-13-5-10-3-11-4-12(7-13)14(11,13)6-10/h9-12H,3-7H2,1-2H3. The lowest BCUT2D eigenvalue weighted by Crippen LogP contribution is -2.72. The molecule has 0 saturated heterocycles. The van der Waals surface area contributed by atoms with Gasteiger partial charge in [-0.3, -0.25) is 4.79 Å². The lowest BCUT2D eigenvalue weighted by atomic mass is 9.36. The Labute approximate surface area is 102 Å². The van der Waals surface area contributed by atoms with Crippen LogP contribution in [0, 0.1) is 23.2 Å². The van der Waals surface area contributed by atoms with Crippen LogP contribution in [-0.4, -0.2) is 17.9 Å². The molecule has 4 fully saturated rings. The summed E-state index contributed by atoms with van der Waals surface area (Å²) in [5.41, 5.74) is 0.588. The summed E-state index contributed by atoms with van der Waals surface area (Å²) in [4.78, 5) is 11.0. The van der Waals surface area contributed by atoms with Crippen LogP contribution in [0.4, 0.5) is 0 Å². The summed E-state index contributed by atoms with van der Waals surface area (Å²) in [7, 11) is 0. The molecule has 4 aliphatic rings. The van der Waals surface area contributed by atoms with Gasteiger partial charge in [-0.2, -0.15) is 0 Å². The quantitative estimate of drug-likeness (QED) is 0.558. The zero-order chi connectivity index (χ0) is 11.8. The fraction of sp³-hybridized carbons (Fsp3) is 0.929. The van der Waals surface area contributed by atoms with Crippen molar-refractivity contribution in [3.8, 4) is 0 Å². The van der Waals surface area contributed by atoms with Crippen LogP contribution in [0.15, 0.2) is 0 Å². The van der Waals surface area contributed by atoms with Gasteiger partial charge in [-0.25, -0.2) is 0 Å². The number of fused-ring (bicyclic) bond motifs is 1. The lowest BCUT2D eigenvalue weighted by molar-refractivity contribution is -0.340. The molecule has 2 bridgehead atoms. The second-order valence-electron chi connectivity index (χ2n) is 6.67. The van der Waals surface area contributed by atoms with Gasteiger partial charge in [-0.1, -0.05) is 0 Å². The zero-order valence-electron chi connectivity index (χ0n) is 10.6. The molecule has 0 aliphatic heterocycles. The van der Waals surface area contributed by atoms with Crippen molar-refractivity contribution in [2.45, 2.75) is 57.8 Å². The van der Waals surface area contributed by atoms with Gasteiger partial charge in [0.2, 0.25) is 6.29 Å². The lowest BCUT2D eigenvalue weighted by Gasteiger charge is -2.72. The van der Waals surface area contributed by atoms with Crippen molar-refractivity contribution >= 4 is 5.97 Å². The summed E-state index contributed by atoms with van der Waals surface area (Å²) in [6.45, 7) is 3.31. The Morgan fingerprint density at radius 3 is 2.71 bits per heavy atom. The van der Waals surface area contributed by atoms with Gasteiger partial charge in [0.1, 0.15) is 0 Å². The van der Waals surface area contributed by atoms with E-state index in [9.17, 15) is 4.79 Å². The van der Waals surface area contributed by atoms with Crippen LogP contribution >= 0.6 is 0 Å². The molecule has 4 rings (SSSR count).